The lowest BCUT2D eigenvalue weighted by molar-refractivity contribution is -0.385. The van der Waals surface area contributed by atoms with E-state index in [4.69, 9.17) is 4.74 Å². The van der Waals surface area contributed by atoms with Gasteiger partial charge in [0.15, 0.2) is 0 Å². The van der Waals surface area contributed by atoms with Gasteiger partial charge in [0, 0.05) is 37.8 Å². The molecule has 0 radical (unpaired) electrons. The van der Waals surface area contributed by atoms with Gasteiger partial charge >= 0.3 is 11.6 Å². The van der Waals surface area contributed by atoms with Gasteiger partial charge in [-0.2, -0.15) is 4.98 Å². The van der Waals surface area contributed by atoms with Crippen molar-refractivity contribution < 1.29 is 9.66 Å². The second kappa shape index (κ2) is 8.46. The average molecular weight is 428 g/mol. The summed E-state index contributed by atoms with van der Waals surface area (Å²) >= 11 is 0. The molecule has 0 N–H and O–H groups in total. The van der Waals surface area contributed by atoms with Crippen LogP contribution in [-0.2, 0) is 0 Å². The Morgan fingerprint density at radius 1 is 0.844 bits per heavy atom. The molecule has 0 bridgehead atoms. The fourth-order valence-electron chi connectivity index (χ4n) is 3.90. The predicted octanol–water partition coefficient (Wildman–Crippen LogP) is 4.05. The van der Waals surface area contributed by atoms with Crippen LogP contribution < -0.4 is 14.5 Å². The fourth-order valence-corrected chi connectivity index (χ4v) is 3.90. The Morgan fingerprint density at radius 2 is 1.59 bits per heavy atom. The Labute approximate surface area is 184 Å². The molecule has 5 rings (SSSR count). The van der Waals surface area contributed by atoms with E-state index in [2.05, 4.69) is 19.9 Å². The molecule has 0 unspecified atom stereocenters. The first kappa shape index (κ1) is 19.7. The van der Waals surface area contributed by atoms with Crippen molar-refractivity contribution in [3.63, 3.8) is 0 Å². The molecular weight excluding hydrogens is 408 g/mol. The monoisotopic (exact) mass is 428 g/mol. The van der Waals surface area contributed by atoms with Crippen molar-refractivity contribution in [1.82, 2.24) is 15.0 Å². The zero-order valence-corrected chi connectivity index (χ0v) is 17.2. The van der Waals surface area contributed by atoms with Crippen molar-refractivity contribution in [3.8, 4) is 11.6 Å². The number of fused-ring (bicyclic) bond motifs is 1. The predicted molar refractivity (Wildman–Crippen MR) is 121 cm³/mol. The number of aromatic nitrogens is 3. The standard InChI is InChI=1S/C23H20N6O3/c30-29(31)21-22(28-14-12-27(13-15-28)20-10-3-4-11-24-20)25-16-26-23(21)32-19-9-5-7-17-6-1-2-8-18(17)19/h1-11,16H,12-15H2. The second-order valence-electron chi connectivity index (χ2n) is 7.35. The van der Waals surface area contributed by atoms with Crippen molar-refractivity contribution in [1.29, 1.82) is 0 Å². The zero-order chi connectivity index (χ0) is 21.9. The Morgan fingerprint density at radius 3 is 2.38 bits per heavy atom. The number of ether oxygens (including phenoxy) is 1. The minimum Gasteiger partial charge on any atom is -0.433 e. The largest absolute Gasteiger partial charge is 0.433 e. The number of hydrogen-bond donors (Lipinski definition) is 0. The molecule has 1 fully saturated rings. The van der Waals surface area contributed by atoms with E-state index in [-0.39, 0.29) is 17.4 Å². The van der Waals surface area contributed by atoms with Crippen LogP contribution in [0.15, 0.2) is 73.2 Å². The number of nitrogens with zero attached hydrogens (tertiary/aromatic N) is 6. The molecule has 9 heteroatoms. The van der Waals surface area contributed by atoms with Crippen LogP contribution in [0.2, 0.25) is 0 Å². The number of piperazine rings is 1. The lowest BCUT2D eigenvalue weighted by Gasteiger charge is -2.35. The van der Waals surface area contributed by atoms with E-state index in [1.54, 1.807) is 12.3 Å². The number of hydrogen-bond acceptors (Lipinski definition) is 8. The molecule has 1 saturated heterocycles. The van der Waals surface area contributed by atoms with Gasteiger partial charge in [0.25, 0.3) is 0 Å². The first-order chi connectivity index (χ1) is 15.7. The summed E-state index contributed by atoms with van der Waals surface area (Å²) < 4.78 is 5.97. The molecule has 9 nitrogen and oxygen atoms in total. The third-order valence-electron chi connectivity index (χ3n) is 5.46. The van der Waals surface area contributed by atoms with Gasteiger partial charge in [0.05, 0.1) is 4.92 Å². The van der Waals surface area contributed by atoms with Gasteiger partial charge in [-0.1, -0.05) is 42.5 Å². The van der Waals surface area contributed by atoms with Crippen molar-refractivity contribution in [2.75, 3.05) is 36.0 Å². The molecule has 2 aromatic carbocycles. The lowest BCUT2D eigenvalue weighted by atomic mass is 10.1. The molecular formula is C23H20N6O3. The first-order valence-corrected chi connectivity index (χ1v) is 10.3. The fraction of sp³-hybridized carbons (Fsp3) is 0.174. The van der Waals surface area contributed by atoms with E-state index in [0.717, 1.165) is 16.6 Å². The highest BCUT2D eigenvalue weighted by atomic mass is 16.6. The van der Waals surface area contributed by atoms with E-state index < -0.39 is 4.92 Å². The highest BCUT2D eigenvalue weighted by molar-refractivity contribution is 5.88. The summed E-state index contributed by atoms with van der Waals surface area (Å²) in [4.78, 5) is 28.3. The van der Waals surface area contributed by atoms with Gasteiger partial charge in [0.1, 0.15) is 17.9 Å². The van der Waals surface area contributed by atoms with Crippen molar-refractivity contribution >= 4 is 28.1 Å². The third-order valence-corrected chi connectivity index (χ3v) is 5.46. The third kappa shape index (κ3) is 3.76. The first-order valence-electron chi connectivity index (χ1n) is 10.3. The van der Waals surface area contributed by atoms with Crippen molar-refractivity contribution in [3.05, 3.63) is 83.3 Å². The summed E-state index contributed by atoms with van der Waals surface area (Å²) in [6, 6.07) is 19.1. The maximum Gasteiger partial charge on any atom is 0.373 e. The van der Waals surface area contributed by atoms with Gasteiger partial charge in [-0.3, -0.25) is 10.1 Å². The van der Waals surface area contributed by atoms with Gasteiger partial charge in [0.2, 0.25) is 5.82 Å². The van der Waals surface area contributed by atoms with Crippen LogP contribution in [0, 0.1) is 10.1 Å². The minimum absolute atomic E-state index is 0.0662. The van der Waals surface area contributed by atoms with Crippen molar-refractivity contribution in [2.24, 2.45) is 0 Å². The van der Waals surface area contributed by atoms with Gasteiger partial charge in [-0.15, -0.1) is 0 Å². The molecule has 160 valence electrons. The topological polar surface area (TPSA) is 97.5 Å². The molecule has 0 aliphatic carbocycles. The molecule has 0 saturated carbocycles. The van der Waals surface area contributed by atoms with E-state index in [0.29, 0.717) is 31.9 Å². The Kier molecular flexibility index (Phi) is 5.20. The molecule has 4 aromatic rings. The van der Waals surface area contributed by atoms with Gasteiger partial charge < -0.3 is 14.5 Å². The summed E-state index contributed by atoms with van der Waals surface area (Å²) in [6.07, 6.45) is 3.07. The van der Waals surface area contributed by atoms with Crippen LogP contribution >= 0.6 is 0 Å². The molecule has 1 aliphatic heterocycles. The normalized spacial score (nSPS) is 13.9. The van der Waals surface area contributed by atoms with Crippen LogP contribution in [0.5, 0.6) is 11.6 Å². The number of benzene rings is 2. The summed E-state index contributed by atoms with van der Waals surface area (Å²) in [5.74, 6) is 1.60. The van der Waals surface area contributed by atoms with Crippen molar-refractivity contribution in [2.45, 2.75) is 0 Å². The number of nitro groups is 1. The zero-order valence-electron chi connectivity index (χ0n) is 17.2. The maximum absolute atomic E-state index is 12.0. The van der Waals surface area contributed by atoms with Gasteiger partial charge in [-0.05, 0) is 23.6 Å². The van der Waals surface area contributed by atoms with Crippen LogP contribution in [0.1, 0.15) is 0 Å². The molecule has 32 heavy (non-hydrogen) atoms. The smallest absolute Gasteiger partial charge is 0.373 e. The maximum atomic E-state index is 12.0. The quantitative estimate of drug-likeness (QED) is 0.347. The highest BCUT2D eigenvalue weighted by Gasteiger charge is 2.31. The Hall–Kier alpha value is -4.27. The molecule has 0 spiro atoms. The molecule has 0 atom stereocenters. The number of pyridine rings is 1. The van der Waals surface area contributed by atoms with E-state index in [9.17, 15) is 10.1 Å². The van der Waals surface area contributed by atoms with Crippen LogP contribution in [0.4, 0.5) is 17.3 Å². The molecule has 2 aromatic heterocycles. The summed E-state index contributed by atoms with van der Waals surface area (Å²) in [5.41, 5.74) is -0.230. The van der Waals surface area contributed by atoms with Crippen LogP contribution in [-0.4, -0.2) is 46.1 Å². The Balaban J connectivity index is 1.43. The number of anilines is 2. The molecule has 3 heterocycles. The summed E-state index contributed by atoms with van der Waals surface area (Å²) in [7, 11) is 0. The van der Waals surface area contributed by atoms with Crippen LogP contribution in [0.3, 0.4) is 0 Å². The van der Waals surface area contributed by atoms with E-state index in [1.165, 1.54) is 6.33 Å². The van der Waals surface area contributed by atoms with E-state index in [1.807, 2.05) is 59.5 Å². The average Bonchev–Trinajstić information content (AvgIpc) is 2.85. The second-order valence-corrected chi connectivity index (χ2v) is 7.35. The highest BCUT2D eigenvalue weighted by Crippen LogP contribution is 2.38. The lowest BCUT2D eigenvalue weighted by Crippen LogP contribution is -2.47. The minimum atomic E-state index is -0.471. The summed E-state index contributed by atoms with van der Waals surface area (Å²) in [6.45, 7) is 2.50. The van der Waals surface area contributed by atoms with Crippen LogP contribution in [0.25, 0.3) is 10.8 Å². The summed E-state index contributed by atoms with van der Waals surface area (Å²) in [5, 5.41) is 13.9. The molecule has 1 aliphatic rings. The SMILES string of the molecule is O=[N+]([O-])c1c(Oc2cccc3ccccc23)ncnc1N1CCN(c2ccccn2)CC1. The Bertz CT molecular complexity index is 1250. The molecule has 0 amide bonds. The van der Waals surface area contributed by atoms with E-state index >= 15 is 0 Å². The van der Waals surface area contributed by atoms with Gasteiger partial charge in [-0.25, -0.2) is 9.97 Å². The number of rotatable bonds is 5.